The van der Waals surface area contributed by atoms with Crippen molar-refractivity contribution in [3.8, 4) is 5.75 Å². The maximum Gasteiger partial charge on any atom is 0.262 e. The molecular formula is C27H22F2N4O3S. The van der Waals surface area contributed by atoms with Gasteiger partial charge >= 0.3 is 0 Å². The summed E-state index contributed by atoms with van der Waals surface area (Å²) in [6, 6.07) is 18.6. The summed E-state index contributed by atoms with van der Waals surface area (Å²) in [6.07, 6.45) is 0.389. The van der Waals surface area contributed by atoms with Crippen molar-refractivity contribution >= 4 is 40.1 Å². The molecule has 0 radical (unpaired) electrons. The van der Waals surface area contributed by atoms with Crippen molar-refractivity contribution in [2.24, 2.45) is 10.1 Å². The molecule has 1 N–H and O–H groups in total. The van der Waals surface area contributed by atoms with Gasteiger partial charge in [0.1, 0.15) is 22.6 Å². The molecule has 0 spiro atoms. The fourth-order valence-electron chi connectivity index (χ4n) is 4.11. The normalized spacial score (nSPS) is 19.0. The van der Waals surface area contributed by atoms with E-state index in [1.807, 2.05) is 0 Å². The molecule has 0 aliphatic carbocycles. The van der Waals surface area contributed by atoms with Gasteiger partial charge in [0.05, 0.1) is 18.9 Å². The lowest BCUT2D eigenvalue weighted by molar-refractivity contribution is -0.121. The lowest BCUT2D eigenvalue weighted by Crippen LogP contribution is -2.25. The number of amidine groups is 1. The summed E-state index contributed by atoms with van der Waals surface area (Å²) in [5.41, 5.74) is 2.80. The smallest absolute Gasteiger partial charge is 0.262 e. The summed E-state index contributed by atoms with van der Waals surface area (Å²) < 4.78 is 32.1. The number of hydrogen-bond acceptors (Lipinski definition) is 6. The van der Waals surface area contributed by atoms with Gasteiger partial charge in [-0.25, -0.2) is 13.8 Å². The summed E-state index contributed by atoms with van der Waals surface area (Å²) >= 11 is 1.17. The molecular weight excluding hydrogens is 498 g/mol. The molecule has 0 aromatic heterocycles. The van der Waals surface area contributed by atoms with E-state index in [1.165, 1.54) is 36.0 Å². The Labute approximate surface area is 216 Å². The average molecular weight is 521 g/mol. The minimum Gasteiger partial charge on any atom is -0.497 e. The molecule has 0 saturated heterocycles. The van der Waals surface area contributed by atoms with Gasteiger partial charge in [0, 0.05) is 18.5 Å². The fourth-order valence-corrected chi connectivity index (χ4v) is 5.17. The van der Waals surface area contributed by atoms with Crippen LogP contribution in [0.2, 0.25) is 0 Å². The predicted octanol–water partition coefficient (Wildman–Crippen LogP) is 5.15. The number of amides is 2. The zero-order valence-electron chi connectivity index (χ0n) is 19.7. The molecule has 2 aliphatic rings. The number of methoxy groups -OCH3 is 1. The number of hydrazone groups is 1. The van der Waals surface area contributed by atoms with Crippen LogP contribution in [-0.4, -0.2) is 40.1 Å². The van der Waals surface area contributed by atoms with Crippen LogP contribution in [0.15, 0.2) is 82.9 Å². The molecule has 10 heteroatoms. The topological polar surface area (TPSA) is 83.4 Å². The Kier molecular flexibility index (Phi) is 7.00. The average Bonchev–Trinajstić information content (AvgIpc) is 3.49. The van der Waals surface area contributed by atoms with E-state index in [0.29, 0.717) is 28.7 Å². The van der Waals surface area contributed by atoms with Crippen LogP contribution >= 0.6 is 11.8 Å². The standard InChI is InChI=1S/C27H22F2N4O3S/c1-36-21-12-10-20(11-13-21)30-25(34)15-24-26(35)31-27(37-24)33-23(17-4-8-19(29)9-5-17)14-22(32-33)16-2-6-18(28)7-3-16/h2-13,23-24H,14-15H2,1H3,(H,30,34)/t23-,24+/m0/s1. The summed E-state index contributed by atoms with van der Waals surface area (Å²) in [5.74, 6) is -0.794. The Balaban J connectivity index is 1.33. The third-order valence-electron chi connectivity index (χ3n) is 6.01. The maximum atomic E-state index is 13.6. The van der Waals surface area contributed by atoms with E-state index >= 15 is 0 Å². The van der Waals surface area contributed by atoms with Crippen molar-refractivity contribution in [2.75, 3.05) is 12.4 Å². The van der Waals surface area contributed by atoms with Gasteiger partial charge in [-0.05, 0) is 59.7 Å². The fraction of sp³-hybridized carbons (Fsp3) is 0.185. The quantitative estimate of drug-likeness (QED) is 0.486. The second-order valence-electron chi connectivity index (χ2n) is 8.49. The van der Waals surface area contributed by atoms with Gasteiger partial charge in [0.2, 0.25) is 5.91 Å². The second kappa shape index (κ2) is 10.5. The molecule has 2 heterocycles. The summed E-state index contributed by atoms with van der Waals surface area (Å²) in [4.78, 5) is 29.5. The van der Waals surface area contributed by atoms with E-state index in [4.69, 9.17) is 9.84 Å². The molecule has 2 aliphatic heterocycles. The van der Waals surface area contributed by atoms with Gasteiger partial charge < -0.3 is 10.1 Å². The van der Waals surface area contributed by atoms with Gasteiger partial charge in [-0.3, -0.25) is 9.59 Å². The Morgan fingerprint density at radius 2 is 1.68 bits per heavy atom. The van der Waals surface area contributed by atoms with E-state index in [0.717, 1.165) is 11.1 Å². The molecule has 0 unspecified atom stereocenters. The van der Waals surface area contributed by atoms with Crippen molar-refractivity contribution < 1.29 is 23.1 Å². The number of hydrogen-bond donors (Lipinski definition) is 1. The molecule has 188 valence electrons. The van der Waals surface area contributed by atoms with Crippen LogP contribution in [-0.2, 0) is 9.59 Å². The Morgan fingerprint density at radius 3 is 2.32 bits per heavy atom. The van der Waals surface area contributed by atoms with Gasteiger partial charge in [0.25, 0.3) is 5.91 Å². The van der Waals surface area contributed by atoms with Crippen LogP contribution < -0.4 is 10.1 Å². The number of benzene rings is 3. The van der Waals surface area contributed by atoms with Crippen LogP contribution in [0.3, 0.4) is 0 Å². The number of carbonyl (C=O) groups is 2. The third kappa shape index (κ3) is 5.54. The molecule has 37 heavy (non-hydrogen) atoms. The zero-order chi connectivity index (χ0) is 25.9. The Hall–Kier alpha value is -4.05. The van der Waals surface area contributed by atoms with Crippen molar-refractivity contribution in [3.05, 3.63) is 95.6 Å². The highest BCUT2D eigenvalue weighted by Crippen LogP contribution is 2.38. The van der Waals surface area contributed by atoms with E-state index in [9.17, 15) is 18.4 Å². The lowest BCUT2D eigenvalue weighted by Gasteiger charge is -2.23. The SMILES string of the molecule is COc1ccc(NC(=O)C[C@H]2SC(N3N=C(c4ccc(F)cc4)C[C@H]3c3ccc(F)cc3)=NC2=O)cc1. The Morgan fingerprint density at radius 1 is 1.03 bits per heavy atom. The number of nitrogens with zero attached hydrogens (tertiary/aromatic N) is 3. The van der Waals surface area contributed by atoms with Crippen LogP contribution in [0, 0.1) is 11.6 Å². The number of thioether (sulfide) groups is 1. The molecule has 3 aromatic carbocycles. The Bertz CT molecular complexity index is 1380. The van der Waals surface area contributed by atoms with E-state index in [2.05, 4.69) is 10.3 Å². The van der Waals surface area contributed by atoms with Crippen molar-refractivity contribution in [1.82, 2.24) is 5.01 Å². The number of nitrogens with one attached hydrogen (secondary N) is 1. The first-order valence-electron chi connectivity index (χ1n) is 11.5. The highest BCUT2D eigenvalue weighted by molar-refractivity contribution is 8.15. The van der Waals surface area contributed by atoms with Crippen molar-refractivity contribution in [2.45, 2.75) is 24.1 Å². The van der Waals surface area contributed by atoms with Crippen LogP contribution in [0.25, 0.3) is 0 Å². The summed E-state index contributed by atoms with van der Waals surface area (Å²) in [6.45, 7) is 0. The predicted molar refractivity (Wildman–Crippen MR) is 139 cm³/mol. The molecule has 2 amide bonds. The molecule has 7 nitrogen and oxygen atoms in total. The van der Waals surface area contributed by atoms with Crippen LogP contribution in [0.1, 0.15) is 30.0 Å². The summed E-state index contributed by atoms with van der Waals surface area (Å²) in [5, 5.41) is 8.77. The number of rotatable bonds is 6. The minimum absolute atomic E-state index is 0.0634. The minimum atomic E-state index is -0.702. The lowest BCUT2D eigenvalue weighted by atomic mass is 9.98. The van der Waals surface area contributed by atoms with Crippen molar-refractivity contribution in [3.63, 3.8) is 0 Å². The van der Waals surface area contributed by atoms with E-state index in [1.54, 1.807) is 60.6 Å². The van der Waals surface area contributed by atoms with Crippen LogP contribution in [0.4, 0.5) is 14.5 Å². The molecule has 0 saturated carbocycles. The van der Waals surface area contributed by atoms with E-state index in [-0.39, 0.29) is 30.0 Å². The van der Waals surface area contributed by atoms with Gasteiger partial charge in [0.15, 0.2) is 5.17 Å². The first-order chi connectivity index (χ1) is 17.9. The maximum absolute atomic E-state index is 13.6. The number of halogens is 2. The molecule has 3 aromatic rings. The molecule has 0 bridgehead atoms. The third-order valence-corrected chi connectivity index (χ3v) is 7.15. The number of anilines is 1. The first kappa shape index (κ1) is 24.6. The second-order valence-corrected chi connectivity index (χ2v) is 9.66. The number of carbonyl (C=O) groups excluding carboxylic acids is 2. The highest BCUT2D eigenvalue weighted by atomic mass is 32.2. The molecule has 2 atom stereocenters. The van der Waals surface area contributed by atoms with Gasteiger partial charge in [-0.2, -0.15) is 10.1 Å². The first-order valence-corrected chi connectivity index (χ1v) is 12.4. The number of ether oxygens (including phenoxy) is 1. The highest BCUT2D eigenvalue weighted by Gasteiger charge is 2.39. The van der Waals surface area contributed by atoms with Crippen molar-refractivity contribution in [1.29, 1.82) is 0 Å². The molecule has 0 fully saturated rings. The van der Waals surface area contributed by atoms with Gasteiger partial charge in [-0.1, -0.05) is 36.0 Å². The monoisotopic (exact) mass is 520 g/mol. The van der Waals surface area contributed by atoms with Gasteiger partial charge in [-0.15, -0.1) is 0 Å². The van der Waals surface area contributed by atoms with E-state index < -0.39 is 11.2 Å². The van der Waals surface area contributed by atoms with Crippen LogP contribution in [0.5, 0.6) is 5.75 Å². The summed E-state index contributed by atoms with van der Waals surface area (Å²) in [7, 11) is 1.56. The zero-order valence-corrected chi connectivity index (χ0v) is 20.5. The largest absolute Gasteiger partial charge is 0.497 e. The number of aliphatic imine (C=N–C) groups is 1. The molecule has 5 rings (SSSR count).